The Labute approximate surface area is 139 Å². The zero-order valence-electron chi connectivity index (χ0n) is 13.5. The van der Waals surface area contributed by atoms with Gasteiger partial charge in [0.2, 0.25) is 11.7 Å². The van der Waals surface area contributed by atoms with Gasteiger partial charge in [-0.2, -0.15) is 15.7 Å². The SMILES string of the molecule is N#CC(C(=O)C1CCC(=O)N1CC1CCOCC1)=S1CCCC1. The molecule has 3 aliphatic heterocycles. The maximum absolute atomic E-state index is 12.9. The molecule has 23 heavy (non-hydrogen) atoms. The maximum atomic E-state index is 12.9. The fourth-order valence-electron chi connectivity index (χ4n) is 3.71. The van der Waals surface area contributed by atoms with E-state index in [1.54, 1.807) is 4.90 Å². The van der Waals surface area contributed by atoms with Crippen molar-refractivity contribution in [3.8, 4) is 6.07 Å². The number of hydrogen-bond donors (Lipinski definition) is 0. The largest absolute Gasteiger partial charge is 0.381 e. The van der Waals surface area contributed by atoms with Crippen molar-refractivity contribution < 1.29 is 14.3 Å². The van der Waals surface area contributed by atoms with Gasteiger partial charge in [-0.1, -0.05) is 0 Å². The van der Waals surface area contributed by atoms with E-state index >= 15 is 0 Å². The van der Waals surface area contributed by atoms with Crippen molar-refractivity contribution in [2.75, 3.05) is 31.3 Å². The van der Waals surface area contributed by atoms with Crippen LogP contribution in [0.2, 0.25) is 0 Å². The highest BCUT2D eigenvalue weighted by molar-refractivity contribution is 8.17. The van der Waals surface area contributed by atoms with E-state index in [0.717, 1.165) is 50.4 Å². The number of amides is 1. The lowest BCUT2D eigenvalue weighted by Crippen LogP contribution is -2.44. The highest BCUT2D eigenvalue weighted by Gasteiger charge is 2.39. The third kappa shape index (κ3) is 3.67. The minimum atomic E-state index is -0.395. The first-order valence-electron chi connectivity index (χ1n) is 8.56. The van der Waals surface area contributed by atoms with E-state index in [1.807, 2.05) is 0 Å². The molecule has 3 heterocycles. The predicted molar refractivity (Wildman–Crippen MR) is 90.5 cm³/mol. The first-order chi connectivity index (χ1) is 11.2. The van der Waals surface area contributed by atoms with Gasteiger partial charge < -0.3 is 9.64 Å². The van der Waals surface area contributed by atoms with Gasteiger partial charge in [-0.15, -0.1) is 0 Å². The van der Waals surface area contributed by atoms with E-state index < -0.39 is 6.04 Å². The molecule has 0 saturated carbocycles. The molecule has 1 unspecified atom stereocenters. The quantitative estimate of drug-likeness (QED) is 0.733. The average Bonchev–Trinajstić information content (AvgIpc) is 3.20. The summed E-state index contributed by atoms with van der Waals surface area (Å²) in [5, 5.41) is 9.47. The summed E-state index contributed by atoms with van der Waals surface area (Å²) in [6, 6.07) is 1.79. The van der Waals surface area contributed by atoms with Crippen molar-refractivity contribution in [2.45, 2.75) is 44.6 Å². The van der Waals surface area contributed by atoms with Gasteiger partial charge in [-0.25, -0.2) is 0 Å². The van der Waals surface area contributed by atoms with Crippen LogP contribution in [-0.4, -0.2) is 58.8 Å². The molecule has 0 N–H and O–H groups in total. The van der Waals surface area contributed by atoms with E-state index in [4.69, 9.17) is 4.74 Å². The summed E-state index contributed by atoms with van der Waals surface area (Å²) < 4.78 is 5.37. The van der Waals surface area contributed by atoms with Gasteiger partial charge in [0.1, 0.15) is 10.9 Å². The molecular weight excluding hydrogens is 312 g/mol. The second-order valence-electron chi connectivity index (χ2n) is 6.57. The molecule has 3 rings (SSSR count). The number of carbonyl (C=O) groups excluding carboxylic acids is 2. The molecule has 0 aliphatic carbocycles. The molecule has 3 saturated heterocycles. The Bertz CT molecular complexity index is 553. The number of ketones is 1. The molecule has 0 aromatic rings. The number of likely N-dealkylation sites (tertiary alicyclic amines) is 1. The molecule has 1 atom stereocenters. The van der Waals surface area contributed by atoms with Gasteiger partial charge in [-0.3, -0.25) is 9.59 Å². The van der Waals surface area contributed by atoms with Crippen molar-refractivity contribution in [1.82, 2.24) is 4.90 Å². The third-order valence-corrected chi connectivity index (χ3v) is 7.50. The van der Waals surface area contributed by atoms with Crippen molar-refractivity contribution >= 4 is 27.0 Å². The van der Waals surface area contributed by atoms with Gasteiger partial charge in [0, 0.05) is 26.2 Å². The fourth-order valence-corrected chi connectivity index (χ4v) is 5.98. The first kappa shape index (κ1) is 16.7. The Morgan fingerprint density at radius 1 is 1.26 bits per heavy atom. The summed E-state index contributed by atoms with van der Waals surface area (Å²) in [6.45, 7) is 2.12. The average molecular weight is 336 g/mol. The van der Waals surface area contributed by atoms with Crippen LogP contribution in [0.3, 0.4) is 0 Å². The van der Waals surface area contributed by atoms with Crippen LogP contribution in [-0.2, 0) is 14.3 Å². The van der Waals surface area contributed by atoms with E-state index in [0.29, 0.717) is 30.2 Å². The third-order valence-electron chi connectivity index (χ3n) is 5.07. The van der Waals surface area contributed by atoms with E-state index in [1.165, 1.54) is 0 Å². The van der Waals surface area contributed by atoms with Crippen LogP contribution in [0.1, 0.15) is 38.5 Å². The predicted octanol–water partition coefficient (Wildman–Crippen LogP) is 1.73. The monoisotopic (exact) mass is 336 g/mol. The van der Waals surface area contributed by atoms with Gasteiger partial charge in [0.25, 0.3) is 0 Å². The molecule has 0 radical (unpaired) electrons. The first-order valence-corrected chi connectivity index (χ1v) is 10.1. The van der Waals surface area contributed by atoms with Crippen LogP contribution in [0.5, 0.6) is 0 Å². The molecule has 0 aromatic heterocycles. The van der Waals surface area contributed by atoms with Crippen LogP contribution in [0.25, 0.3) is 0 Å². The summed E-state index contributed by atoms with van der Waals surface area (Å²) in [4.78, 5) is 27.3. The van der Waals surface area contributed by atoms with E-state index in [2.05, 4.69) is 6.07 Å². The molecule has 0 aromatic carbocycles. The molecule has 3 aliphatic rings. The van der Waals surface area contributed by atoms with Crippen molar-refractivity contribution in [3.63, 3.8) is 0 Å². The van der Waals surface area contributed by atoms with E-state index in [9.17, 15) is 14.9 Å². The Morgan fingerprint density at radius 3 is 2.61 bits per heavy atom. The summed E-state index contributed by atoms with van der Waals surface area (Å²) in [6.07, 6.45) is 5.12. The Hall–Kier alpha value is -1.19. The summed E-state index contributed by atoms with van der Waals surface area (Å²) in [7, 11) is -0.176. The summed E-state index contributed by atoms with van der Waals surface area (Å²) in [5.74, 6) is 2.35. The zero-order chi connectivity index (χ0) is 16.2. The van der Waals surface area contributed by atoms with Crippen molar-refractivity contribution in [2.24, 2.45) is 5.92 Å². The highest BCUT2D eigenvalue weighted by atomic mass is 32.2. The van der Waals surface area contributed by atoms with Crippen LogP contribution < -0.4 is 0 Å². The second kappa shape index (κ2) is 7.59. The highest BCUT2D eigenvalue weighted by Crippen LogP contribution is 2.30. The standard InChI is InChI=1S/C17H24N2O3S/c18-11-15(23-9-1-2-10-23)17(21)14-3-4-16(20)19(14)12-13-5-7-22-8-6-13/h13-14H,1-10,12H2. The van der Waals surface area contributed by atoms with Gasteiger partial charge in [0.15, 0.2) is 0 Å². The fraction of sp³-hybridized carbons (Fsp3) is 0.765. The molecule has 0 spiro atoms. The molecule has 0 bridgehead atoms. The zero-order valence-corrected chi connectivity index (χ0v) is 14.3. The molecule has 126 valence electrons. The van der Waals surface area contributed by atoms with Crippen LogP contribution >= 0.6 is 10.5 Å². The number of nitriles is 1. The van der Waals surface area contributed by atoms with Crippen LogP contribution in [0, 0.1) is 17.2 Å². The lowest BCUT2D eigenvalue weighted by atomic mass is 9.98. The number of ether oxygens (including phenoxy) is 1. The van der Waals surface area contributed by atoms with Crippen molar-refractivity contribution in [1.29, 1.82) is 5.26 Å². The van der Waals surface area contributed by atoms with Gasteiger partial charge >= 0.3 is 0 Å². The topological polar surface area (TPSA) is 70.4 Å². The Balaban J connectivity index is 1.74. The van der Waals surface area contributed by atoms with Crippen LogP contribution in [0.4, 0.5) is 0 Å². The smallest absolute Gasteiger partial charge is 0.223 e. The number of rotatable bonds is 4. The normalized spacial score (nSPS) is 26.5. The lowest BCUT2D eigenvalue weighted by molar-refractivity contribution is -0.133. The molecule has 3 fully saturated rings. The molecule has 1 amide bonds. The Kier molecular flexibility index (Phi) is 5.50. The summed E-state index contributed by atoms with van der Waals surface area (Å²) in [5.41, 5.74) is 0. The van der Waals surface area contributed by atoms with Gasteiger partial charge in [0.05, 0.1) is 6.04 Å². The van der Waals surface area contributed by atoms with Gasteiger partial charge in [-0.05, 0) is 49.5 Å². The second-order valence-corrected chi connectivity index (χ2v) is 8.78. The number of hydrogen-bond acceptors (Lipinski definition) is 4. The number of Topliss-reactive ketones (excluding diaryl/α,β-unsaturated/α-hetero) is 1. The van der Waals surface area contributed by atoms with Crippen LogP contribution in [0.15, 0.2) is 0 Å². The minimum absolute atomic E-state index is 0.0712. The maximum Gasteiger partial charge on any atom is 0.223 e. The van der Waals surface area contributed by atoms with Crippen molar-refractivity contribution in [3.05, 3.63) is 0 Å². The number of nitrogens with zero attached hydrogens (tertiary/aromatic N) is 2. The molecular formula is C17H24N2O3S. The lowest BCUT2D eigenvalue weighted by Gasteiger charge is -2.30. The summed E-state index contributed by atoms with van der Waals surface area (Å²) >= 11 is 0. The molecule has 6 heteroatoms. The van der Waals surface area contributed by atoms with E-state index in [-0.39, 0.29) is 22.2 Å². The molecule has 5 nitrogen and oxygen atoms in total. The Morgan fingerprint density at radius 2 is 1.96 bits per heavy atom. The number of carbonyl (C=O) groups is 2. The minimum Gasteiger partial charge on any atom is -0.381 e.